The third-order valence-electron chi connectivity index (χ3n) is 10.7. The molecule has 9 aromatic carbocycles. The lowest BCUT2D eigenvalue weighted by Crippen LogP contribution is -2.00. The third kappa shape index (κ3) is 5.22. The molecule has 10 aromatic rings. The number of imidazole rings is 1. The van der Waals surface area contributed by atoms with Crippen LogP contribution in [-0.2, 0) is 6.42 Å². The van der Waals surface area contributed by atoms with Gasteiger partial charge in [0, 0.05) is 12.1 Å². The first-order chi connectivity index (χ1) is 26.2. The van der Waals surface area contributed by atoms with Crippen molar-refractivity contribution < 1.29 is 0 Å². The largest absolute Gasteiger partial charge is 0.296 e. The first-order valence-electron chi connectivity index (χ1n) is 18.4. The molecule has 0 N–H and O–H groups in total. The van der Waals surface area contributed by atoms with Gasteiger partial charge in [-0.05, 0) is 113 Å². The smallest absolute Gasteiger partial charge is 0.114 e. The maximum absolute atomic E-state index is 4.95. The zero-order chi connectivity index (χ0) is 35.3. The van der Waals surface area contributed by atoms with Crippen LogP contribution >= 0.6 is 0 Å². The summed E-state index contributed by atoms with van der Waals surface area (Å²) in [6, 6.07) is 68.6. The van der Waals surface area contributed by atoms with E-state index in [-0.39, 0.29) is 0 Å². The average molecular weight is 677 g/mol. The van der Waals surface area contributed by atoms with Crippen molar-refractivity contribution in [3.63, 3.8) is 0 Å². The Bertz CT molecular complexity index is 2960. The summed E-state index contributed by atoms with van der Waals surface area (Å²) in [4.78, 5) is 4.95. The van der Waals surface area contributed by atoms with E-state index in [1.165, 1.54) is 76.8 Å². The zero-order valence-corrected chi connectivity index (χ0v) is 29.5. The minimum atomic E-state index is 0.860. The molecule has 0 saturated heterocycles. The molecule has 0 radical (unpaired) electrons. The highest BCUT2D eigenvalue weighted by atomic mass is 15.1. The second kappa shape index (κ2) is 12.8. The summed E-state index contributed by atoms with van der Waals surface area (Å²) in [5, 5.41) is 7.47. The number of nitrogens with zero attached hydrogens (tertiary/aromatic N) is 2. The Hall–Kier alpha value is -6.77. The Morgan fingerprint density at radius 1 is 0.415 bits per heavy atom. The third-order valence-corrected chi connectivity index (χ3v) is 10.7. The Morgan fingerprint density at radius 2 is 1.00 bits per heavy atom. The molecule has 0 aliphatic rings. The van der Waals surface area contributed by atoms with Crippen molar-refractivity contribution in [2.75, 3.05) is 0 Å². The highest BCUT2D eigenvalue weighted by Gasteiger charge is 2.20. The van der Waals surface area contributed by atoms with Crippen LogP contribution in [0.25, 0.3) is 93.5 Å². The first kappa shape index (κ1) is 31.0. The molecule has 0 atom stereocenters. The molecule has 1 heterocycles. The number of fused-ring (bicyclic) bond motifs is 4. The Labute approximate surface area is 309 Å². The molecule has 0 spiro atoms. The molecule has 0 aliphatic heterocycles. The summed E-state index contributed by atoms with van der Waals surface area (Å²) in [7, 11) is 0. The van der Waals surface area contributed by atoms with Gasteiger partial charge in [0.25, 0.3) is 0 Å². The van der Waals surface area contributed by atoms with Gasteiger partial charge in [-0.15, -0.1) is 0 Å². The number of aryl methyl sites for hydroxylation is 1. The van der Waals surface area contributed by atoms with Crippen molar-refractivity contribution >= 4 is 43.4 Å². The van der Waals surface area contributed by atoms with Crippen molar-refractivity contribution in [2.24, 2.45) is 0 Å². The van der Waals surface area contributed by atoms with Crippen LogP contribution in [0.15, 0.2) is 188 Å². The molecule has 0 fully saturated rings. The van der Waals surface area contributed by atoms with E-state index in [2.05, 4.69) is 200 Å². The predicted molar refractivity (Wildman–Crippen MR) is 225 cm³/mol. The minimum Gasteiger partial charge on any atom is -0.296 e. The van der Waals surface area contributed by atoms with Crippen LogP contribution in [0.3, 0.4) is 0 Å². The molecule has 250 valence electrons. The quantitative estimate of drug-likeness (QED) is 0.160. The molecule has 0 saturated carbocycles. The van der Waals surface area contributed by atoms with E-state index in [9.17, 15) is 0 Å². The molecule has 0 amide bonds. The summed E-state index contributed by atoms with van der Waals surface area (Å²) < 4.78 is 2.30. The van der Waals surface area contributed by atoms with Gasteiger partial charge < -0.3 is 0 Å². The van der Waals surface area contributed by atoms with Gasteiger partial charge in [-0.2, -0.15) is 0 Å². The van der Waals surface area contributed by atoms with Crippen LogP contribution in [-0.4, -0.2) is 9.55 Å². The van der Waals surface area contributed by atoms with Crippen LogP contribution in [0, 0.1) is 0 Å². The second-order valence-corrected chi connectivity index (χ2v) is 13.8. The zero-order valence-electron chi connectivity index (χ0n) is 29.5. The van der Waals surface area contributed by atoms with E-state index >= 15 is 0 Å². The van der Waals surface area contributed by atoms with Gasteiger partial charge in [-0.1, -0.05) is 159 Å². The molecule has 2 nitrogen and oxygen atoms in total. The summed E-state index contributed by atoms with van der Waals surface area (Å²) >= 11 is 0. The molecular formula is C51H36N2. The summed E-state index contributed by atoms with van der Waals surface area (Å²) in [5.41, 5.74) is 13.1. The number of aromatic nitrogens is 2. The first-order valence-corrected chi connectivity index (χ1v) is 18.4. The summed E-state index contributed by atoms with van der Waals surface area (Å²) in [5.74, 6) is 1.07. The van der Waals surface area contributed by atoms with Crippen LogP contribution in [0.4, 0.5) is 0 Å². The molecule has 10 rings (SSSR count). The lowest BCUT2D eigenvalue weighted by molar-refractivity contribution is 0.908. The normalized spacial score (nSPS) is 11.6. The van der Waals surface area contributed by atoms with Gasteiger partial charge >= 0.3 is 0 Å². The highest BCUT2D eigenvalue weighted by molar-refractivity contribution is 6.24. The molecule has 1 aromatic heterocycles. The van der Waals surface area contributed by atoms with Crippen LogP contribution in [0.2, 0.25) is 0 Å². The van der Waals surface area contributed by atoms with Gasteiger partial charge in [0.05, 0.1) is 11.0 Å². The van der Waals surface area contributed by atoms with Gasteiger partial charge in [-0.3, -0.25) is 4.57 Å². The lowest BCUT2D eigenvalue weighted by atomic mass is 9.83. The van der Waals surface area contributed by atoms with E-state index in [0.29, 0.717) is 0 Å². The maximum Gasteiger partial charge on any atom is 0.114 e. The van der Waals surface area contributed by atoms with Crippen molar-refractivity contribution in [3.05, 3.63) is 194 Å². The van der Waals surface area contributed by atoms with Gasteiger partial charge in [-0.25, -0.2) is 4.98 Å². The fourth-order valence-electron chi connectivity index (χ4n) is 8.28. The standard InChI is InChI=1S/C51H36N2/c1-2-49-52-47-22-11-12-23-48(47)53(49)40-28-24-36(25-29-40)50-43-19-9-10-20-44(43)51(46-33-38(27-31-45(46)50)35-16-7-4-8-17-35)42-21-13-18-39-32-37(26-30-41(39)42)34-14-5-3-6-15-34/h3-33H,2H2,1H3. The number of hydrogen-bond donors (Lipinski definition) is 0. The van der Waals surface area contributed by atoms with Gasteiger partial charge in [0.15, 0.2) is 0 Å². The van der Waals surface area contributed by atoms with Gasteiger partial charge in [0.1, 0.15) is 5.82 Å². The van der Waals surface area contributed by atoms with Crippen molar-refractivity contribution in [1.29, 1.82) is 0 Å². The molecule has 0 aliphatic carbocycles. The summed E-state index contributed by atoms with van der Waals surface area (Å²) in [6.07, 6.45) is 0.860. The molecular weight excluding hydrogens is 641 g/mol. The van der Waals surface area contributed by atoms with Crippen LogP contribution in [0.1, 0.15) is 12.7 Å². The molecule has 0 bridgehead atoms. The SMILES string of the molecule is CCc1nc2ccccc2n1-c1ccc(-c2c3ccccc3c(-c3cccc4cc(-c5ccccc5)ccc34)c3cc(-c4ccccc4)ccc23)cc1. The number of rotatable bonds is 6. The predicted octanol–water partition coefficient (Wildman–Crippen LogP) is 13.7. The van der Waals surface area contributed by atoms with Crippen LogP contribution in [0.5, 0.6) is 0 Å². The average Bonchev–Trinajstić information content (AvgIpc) is 3.62. The maximum atomic E-state index is 4.95. The van der Waals surface area contributed by atoms with E-state index in [1.807, 2.05) is 0 Å². The van der Waals surface area contributed by atoms with E-state index < -0.39 is 0 Å². The summed E-state index contributed by atoms with van der Waals surface area (Å²) in [6.45, 7) is 2.17. The second-order valence-electron chi connectivity index (χ2n) is 13.8. The Kier molecular flexibility index (Phi) is 7.47. The van der Waals surface area contributed by atoms with E-state index in [0.717, 1.165) is 29.0 Å². The minimum absolute atomic E-state index is 0.860. The Morgan fingerprint density at radius 3 is 1.72 bits per heavy atom. The van der Waals surface area contributed by atoms with Gasteiger partial charge in [0.2, 0.25) is 0 Å². The number of hydrogen-bond acceptors (Lipinski definition) is 1. The van der Waals surface area contributed by atoms with Crippen molar-refractivity contribution in [1.82, 2.24) is 9.55 Å². The number of para-hydroxylation sites is 2. The Balaban J connectivity index is 1.23. The monoisotopic (exact) mass is 676 g/mol. The van der Waals surface area contributed by atoms with Crippen molar-refractivity contribution in [2.45, 2.75) is 13.3 Å². The van der Waals surface area contributed by atoms with E-state index in [1.54, 1.807) is 0 Å². The fourth-order valence-corrected chi connectivity index (χ4v) is 8.28. The number of benzene rings is 9. The highest BCUT2D eigenvalue weighted by Crippen LogP contribution is 2.46. The fraction of sp³-hybridized carbons (Fsp3) is 0.0392. The lowest BCUT2D eigenvalue weighted by Gasteiger charge is -2.20. The van der Waals surface area contributed by atoms with Crippen molar-refractivity contribution in [3.8, 4) is 50.2 Å². The molecule has 53 heavy (non-hydrogen) atoms. The molecule has 0 unspecified atom stereocenters. The van der Waals surface area contributed by atoms with E-state index in [4.69, 9.17) is 4.98 Å². The van der Waals surface area contributed by atoms with Crippen LogP contribution < -0.4 is 0 Å². The molecule has 2 heteroatoms. The topological polar surface area (TPSA) is 17.8 Å².